The monoisotopic (exact) mass is 174 g/mol. The lowest BCUT2D eigenvalue weighted by Crippen LogP contribution is -1.99. The largest absolute Gasteiger partial charge is 0.465 e. The summed E-state index contributed by atoms with van der Waals surface area (Å²) in [5.41, 5.74) is 0. The molecular weight excluding hydrogens is 167 g/mol. The van der Waals surface area contributed by atoms with Gasteiger partial charge in [-0.25, -0.2) is 9.18 Å². The van der Waals surface area contributed by atoms with Crippen LogP contribution in [0, 0.1) is 12.7 Å². The van der Waals surface area contributed by atoms with Crippen molar-refractivity contribution in [3.63, 3.8) is 0 Å². The highest BCUT2D eigenvalue weighted by Crippen LogP contribution is 2.20. The third-order valence-corrected chi connectivity index (χ3v) is 2.19. The van der Waals surface area contributed by atoms with Crippen molar-refractivity contribution in [2.45, 2.75) is 6.92 Å². The van der Waals surface area contributed by atoms with Crippen molar-refractivity contribution in [3.8, 4) is 0 Å². The van der Waals surface area contributed by atoms with Gasteiger partial charge in [0.15, 0.2) is 0 Å². The Balaban J connectivity index is 3.03. The molecule has 0 aromatic carbocycles. The molecule has 0 unspecified atom stereocenters. The number of esters is 1. The quantitative estimate of drug-likeness (QED) is 0.608. The van der Waals surface area contributed by atoms with Gasteiger partial charge in [-0.3, -0.25) is 0 Å². The standard InChI is InChI=1S/C7H7FO2S/c1-4-3-5(8)6(11-4)7(9)10-2/h3H,1-2H3. The molecule has 2 nitrogen and oxygen atoms in total. The highest BCUT2D eigenvalue weighted by atomic mass is 32.1. The summed E-state index contributed by atoms with van der Waals surface area (Å²) in [6.45, 7) is 1.74. The Labute approximate surface area is 67.6 Å². The first-order chi connectivity index (χ1) is 5.15. The summed E-state index contributed by atoms with van der Waals surface area (Å²) >= 11 is 1.10. The molecule has 0 N–H and O–H groups in total. The molecule has 0 spiro atoms. The molecule has 0 atom stereocenters. The predicted octanol–water partition coefficient (Wildman–Crippen LogP) is 1.98. The normalized spacial score (nSPS) is 9.73. The van der Waals surface area contributed by atoms with Crippen molar-refractivity contribution in [3.05, 3.63) is 21.6 Å². The van der Waals surface area contributed by atoms with Gasteiger partial charge in [0.1, 0.15) is 10.7 Å². The molecule has 1 aromatic rings. The van der Waals surface area contributed by atoms with E-state index in [1.165, 1.54) is 13.2 Å². The SMILES string of the molecule is COC(=O)c1sc(C)cc1F. The van der Waals surface area contributed by atoms with Crippen LogP contribution in [0.1, 0.15) is 14.5 Å². The number of rotatable bonds is 1. The van der Waals surface area contributed by atoms with Gasteiger partial charge in [-0.05, 0) is 13.0 Å². The average Bonchev–Trinajstić information content (AvgIpc) is 2.28. The molecule has 11 heavy (non-hydrogen) atoms. The lowest BCUT2D eigenvalue weighted by Gasteiger charge is -1.92. The fourth-order valence-corrected chi connectivity index (χ4v) is 1.52. The maximum absolute atomic E-state index is 12.8. The minimum absolute atomic E-state index is 0.0463. The first-order valence-corrected chi connectivity index (χ1v) is 3.81. The van der Waals surface area contributed by atoms with Crippen LogP contribution in [-0.4, -0.2) is 13.1 Å². The minimum Gasteiger partial charge on any atom is -0.465 e. The molecular formula is C7H7FO2S. The molecule has 60 valence electrons. The summed E-state index contributed by atoms with van der Waals surface area (Å²) in [4.78, 5) is 11.6. The van der Waals surface area contributed by atoms with Crippen LogP contribution in [0.2, 0.25) is 0 Å². The van der Waals surface area contributed by atoms with Crippen LogP contribution in [0.4, 0.5) is 4.39 Å². The molecule has 1 heterocycles. The minimum atomic E-state index is -0.611. The van der Waals surface area contributed by atoms with Crippen LogP contribution in [0.15, 0.2) is 6.07 Å². The molecule has 0 bridgehead atoms. The van der Waals surface area contributed by atoms with E-state index in [2.05, 4.69) is 4.74 Å². The lowest BCUT2D eigenvalue weighted by molar-refractivity contribution is 0.0601. The Kier molecular flexibility index (Phi) is 2.24. The van der Waals surface area contributed by atoms with Crippen LogP contribution in [0.3, 0.4) is 0 Å². The van der Waals surface area contributed by atoms with Gasteiger partial charge in [-0.1, -0.05) is 0 Å². The van der Waals surface area contributed by atoms with E-state index in [4.69, 9.17) is 0 Å². The molecule has 1 rings (SSSR count). The van der Waals surface area contributed by atoms with E-state index in [0.717, 1.165) is 16.2 Å². The van der Waals surface area contributed by atoms with Crippen LogP contribution >= 0.6 is 11.3 Å². The van der Waals surface area contributed by atoms with Crippen molar-refractivity contribution in [1.29, 1.82) is 0 Å². The van der Waals surface area contributed by atoms with Gasteiger partial charge in [-0.2, -0.15) is 0 Å². The second-order valence-electron chi connectivity index (χ2n) is 2.03. The van der Waals surface area contributed by atoms with Gasteiger partial charge in [0.05, 0.1) is 7.11 Å². The number of hydrogen-bond acceptors (Lipinski definition) is 3. The van der Waals surface area contributed by atoms with Crippen LogP contribution in [0.25, 0.3) is 0 Å². The first-order valence-electron chi connectivity index (χ1n) is 2.99. The van der Waals surface area contributed by atoms with Gasteiger partial charge in [0.2, 0.25) is 0 Å². The molecule has 0 saturated carbocycles. The molecule has 0 aliphatic heterocycles. The Morgan fingerprint density at radius 3 is 2.73 bits per heavy atom. The summed E-state index contributed by atoms with van der Waals surface area (Å²) in [5.74, 6) is -1.11. The molecule has 0 amide bonds. The summed E-state index contributed by atoms with van der Waals surface area (Å²) in [6.07, 6.45) is 0. The topological polar surface area (TPSA) is 26.3 Å². The second-order valence-corrected chi connectivity index (χ2v) is 3.28. The van der Waals surface area contributed by atoms with E-state index in [0.29, 0.717) is 0 Å². The Morgan fingerprint density at radius 2 is 2.36 bits per heavy atom. The Morgan fingerprint density at radius 1 is 1.73 bits per heavy atom. The highest BCUT2D eigenvalue weighted by molar-refractivity contribution is 7.13. The number of carbonyl (C=O) groups excluding carboxylic acids is 1. The smallest absolute Gasteiger partial charge is 0.351 e. The maximum Gasteiger partial charge on any atom is 0.351 e. The molecule has 0 aliphatic carbocycles. The number of thiophene rings is 1. The second kappa shape index (κ2) is 3.00. The van der Waals surface area contributed by atoms with E-state index in [9.17, 15) is 9.18 Å². The molecule has 0 fully saturated rings. The van der Waals surface area contributed by atoms with Crippen molar-refractivity contribution < 1.29 is 13.9 Å². The fraction of sp³-hybridized carbons (Fsp3) is 0.286. The predicted molar refractivity (Wildman–Crippen MR) is 40.4 cm³/mol. The Bertz CT molecular complexity index is 280. The van der Waals surface area contributed by atoms with E-state index < -0.39 is 11.8 Å². The van der Waals surface area contributed by atoms with E-state index in [1.54, 1.807) is 6.92 Å². The molecule has 0 aliphatic rings. The number of carbonyl (C=O) groups is 1. The summed E-state index contributed by atoms with van der Waals surface area (Å²) in [6, 6.07) is 1.32. The van der Waals surface area contributed by atoms with Gasteiger partial charge < -0.3 is 4.74 Å². The number of halogens is 1. The summed E-state index contributed by atoms with van der Waals surface area (Å²) < 4.78 is 17.1. The zero-order valence-electron chi connectivity index (χ0n) is 6.18. The van der Waals surface area contributed by atoms with E-state index in [1.807, 2.05) is 0 Å². The maximum atomic E-state index is 12.8. The first kappa shape index (κ1) is 8.20. The van der Waals surface area contributed by atoms with Crippen LogP contribution in [0.5, 0.6) is 0 Å². The number of ether oxygens (including phenoxy) is 1. The van der Waals surface area contributed by atoms with Crippen molar-refractivity contribution in [2.24, 2.45) is 0 Å². The zero-order chi connectivity index (χ0) is 8.43. The number of aryl methyl sites for hydroxylation is 1. The Hall–Kier alpha value is -0.900. The van der Waals surface area contributed by atoms with Gasteiger partial charge in [0, 0.05) is 4.88 Å². The van der Waals surface area contributed by atoms with Gasteiger partial charge in [0.25, 0.3) is 0 Å². The van der Waals surface area contributed by atoms with E-state index in [-0.39, 0.29) is 4.88 Å². The van der Waals surface area contributed by atoms with Crippen LogP contribution < -0.4 is 0 Å². The molecule has 4 heteroatoms. The fourth-order valence-electron chi connectivity index (χ4n) is 0.715. The zero-order valence-corrected chi connectivity index (χ0v) is 7.00. The van der Waals surface area contributed by atoms with Gasteiger partial charge >= 0.3 is 5.97 Å². The summed E-state index contributed by atoms with van der Waals surface area (Å²) in [7, 11) is 1.23. The van der Waals surface area contributed by atoms with E-state index >= 15 is 0 Å². The average molecular weight is 174 g/mol. The van der Waals surface area contributed by atoms with Crippen molar-refractivity contribution in [1.82, 2.24) is 0 Å². The van der Waals surface area contributed by atoms with Crippen LogP contribution in [-0.2, 0) is 4.74 Å². The van der Waals surface area contributed by atoms with Crippen molar-refractivity contribution in [2.75, 3.05) is 7.11 Å². The lowest BCUT2D eigenvalue weighted by atomic mass is 10.4. The van der Waals surface area contributed by atoms with Gasteiger partial charge in [-0.15, -0.1) is 11.3 Å². The third-order valence-electron chi connectivity index (χ3n) is 1.18. The number of methoxy groups -OCH3 is 1. The highest BCUT2D eigenvalue weighted by Gasteiger charge is 2.14. The third kappa shape index (κ3) is 1.57. The molecule has 0 saturated heterocycles. The summed E-state index contributed by atoms with van der Waals surface area (Å²) in [5, 5.41) is 0. The molecule has 1 aromatic heterocycles. The number of hydrogen-bond donors (Lipinski definition) is 0. The molecule has 0 radical (unpaired) electrons. The van der Waals surface area contributed by atoms with Crippen molar-refractivity contribution >= 4 is 17.3 Å².